The minimum Gasteiger partial charge on any atom is -0.341 e. The van der Waals surface area contributed by atoms with Crippen LogP contribution in [0.1, 0.15) is 30.0 Å². The minimum absolute atomic E-state index is 0.0788. The van der Waals surface area contributed by atoms with Gasteiger partial charge in [0.2, 0.25) is 5.91 Å². The molecule has 34 heavy (non-hydrogen) atoms. The summed E-state index contributed by atoms with van der Waals surface area (Å²) in [5.41, 5.74) is 5.80. The number of amides is 1. The largest absolute Gasteiger partial charge is 0.416 e. The number of likely N-dealkylation sites (tertiary alicyclic amines) is 1. The molecule has 0 radical (unpaired) electrons. The zero-order valence-corrected chi connectivity index (χ0v) is 20.3. The molecule has 2 unspecified atom stereocenters. The molecule has 1 aliphatic rings. The van der Waals surface area contributed by atoms with Gasteiger partial charge in [-0.1, -0.05) is 30.7 Å². The van der Waals surface area contributed by atoms with Gasteiger partial charge in [-0.05, 0) is 68.5 Å². The van der Waals surface area contributed by atoms with E-state index in [1.165, 1.54) is 25.1 Å². The Labute approximate surface area is 198 Å². The van der Waals surface area contributed by atoms with Crippen LogP contribution in [0.25, 0.3) is 0 Å². The van der Waals surface area contributed by atoms with Crippen LogP contribution in [0.4, 0.5) is 18.9 Å². The maximum absolute atomic E-state index is 13.6. The van der Waals surface area contributed by atoms with Crippen molar-refractivity contribution < 1.29 is 26.4 Å². The van der Waals surface area contributed by atoms with E-state index >= 15 is 0 Å². The maximum atomic E-state index is 13.6. The molecule has 3 rings (SSSR count). The van der Waals surface area contributed by atoms with Gasteiger partial charge in [0.15, 0.2) is 0 Å². The Morgan fingerprint density at radius 1 is 1.15 bits per heavy atom. The van der Waals surface area contributed by atoms with Crippen LogP contribution >= 0.6 is 0 Å². The number of alkyl halides is 3. The Kier molecular flexibility index (Phi) is 7.62. The first-order valence-corrected chi connectivity index (χ1v) is 12.5. The molecule has 0 bridgehead atoms. The highest BCUT2D eigenvalue weighted by molar-refractivity contribution is 7.92. The van der Waals surface area contributed by atoms with E-state index in [2.05, 4.69) is 6.92 Å². The molecule has 0 saturated carbocycles. The molecule has 1 heterocycles. The fourth-order valence-electron chi connectivity index (χ4n) is 4.10. The zero-order valence-electron chi connectivity index (χ0n) is 19.5. The number of carbonyl (C=O) groups is 1. The number of anilines is 1. The number of nitrogens with two attached hydrogens (primary N) is 1. The van der Waals surface area contributed by atoms with Crippen molar-refractivity contribution in [1.82, 2.24) is 4.90 Å². The molecule has 1 aliphatic heterocycles. The predicted molar refractivity (Wildman–Crippen MR) is 125 cm³/mol. The Hall–Kier alpha value is -2.59. The number of hydrogen-bond acceptors (Lipinski definition) is 4. The van der Waals surface area contributed by atoms with Crippen LogP contribution in [0.2, 0.25) is 0 Å². The first kappa shape index (κ1) is 26.0. The lowest BCUT2D eigenvalue weighted by Crippen LogP contribution is -2.49. The monoisotopic (exact) mass is 497 g/mol. The summed E-state index contributed by atoms with van der Waals surface area (Å²) in [5, 5.41) is 0. The quantitative estimate of drug-likeness (QED) is 0.655. The average molecular weight is 498 g/mol. The molecule has 2 aromatic rings. The van der Waals surface area contributed by atoms with Gasteiger partial charge in [0.1, 0.15) is 6.54 Å². The van der Waals surface area contributed by atoms with E-state index in [1.54, 1.807) is 24.0 Å². The van der Waals surface area contributed by atoms with Gasteiger partial charge in [-0.2, -0.15) is 13.2 Å². The smallest absolute Gasteiger partial charge is 0.341 e. The number of hydrogen-bond donors (Lipinski definition) is 1. The molecule has 186 valence electrons. The number of nitrogens with zero attached hydrogens (tertiary/aromatic N) is 2. The van der Waals surface area contributed by atoms with Crippen molar-refractivity contribution in [2.24, 2.45) is 17.6 Å². The Bertz CT molecular complexity index is 1130. The maximum Gasteiger partial charge on any atom is 0.416 e. The lowest BCUT2D eigenvalue weighted by atomic mass is 9.87. The molecule has 2 N–H and O–H groups in total. The van der Waals surface area contributed by atoms with Crippen molar-refractivity contribution in [3.05, 3.63) is 59.2 Å². The number of piperidine rings is 1. The second kappa shape index (κ2) is 9.95. The average Bonchev–Trinajstić information content (AvgIpc) is 2.77. The van der Waals surface area contributed by atoms with Crippen LogP contribution in [0.3, 0.4) is 0 Å². The first-order valence-electron chi connectivity index (χ1n) is 11.1. The summed E-state index contributed by atoms with van der Waals surface area (Å²) in [6.07, 6.45) is -3.94. The molecule has 1 saturated heterocycles. The number of carbonyl (C=O) groups excluding carboxylic acids is 1. The molecule has 2 atom stereocenters. The third-order valence-electron chi connectivity index (χ3n) is 6.46. The van der Waals surface area contributed by atoms with Crippen molar-refractivity contribution in [3.8, 4) is 0 Å². The van der Waals surface area contributed by atoms with Gasteiger partial charge in [-0.25, -0.2) is 8.42 Å². The molecule has 0 aliphatic carbocycles. The number of benzene rings is 2. The molecule has 0 aromatic heterocycles. The Morgan fingerprint density at radius 3 is 2.38 bits per heavy atom. The van der Waals surface area contributed by atoms with Crippen LogP contribution in [-0.4, -0.2) is 45.4 Å². The third kappa shape index (κ3) is 5.55. The summed E-state index contributed by atoms with van der Waals surface area (Å²) in [4.78, 5) is 14.7. The molecule has 0 spiro atoms. The van der Waals surface area contributed by atoms with Gasteiger partial charge >= 0.3 is 6.18 Å². The zero-order chi connectivity index (χ0) is 25.3. The fraction of sp³-hybridized carbons (Fsp3) is 0.458. The van der Waals surface area contributed by atoms with Crippen LogP contribution in [0, 0.1) is 25.7 Å². The van der Waals surface area contributed by atoms with Crippen molar-refractivity contribution in [2.75, 3.05) is 30.5 Å². The van der Waals surface area contributed by atoms with E-state index < -0.39 is 34.2 Å². The van der Waals surface area contributed by atoms with Crippen LogP contribution in [-0.2, 0) is 21.0 Å². The summed E-state index contributed by atoms with van der Waals surface area (Å²) in [6.45, 7) is 5.98. The molecule has 2 aromatic carbocycles. The van der Waals surface area contributed by atoms with Gasteiger partial charge in [0.05, 0.1) is 16.1 Å². The summed E-state index contributed by atoms with van der Waals surface area (Å²) in [5.74, 6) is -0.0693. The second-order valence-corrected chi connectivity index (χ2v) is 10.8. The molecular weight excluding hydrogens is 467 g/mol. The highest BCUT2D eigenvalue weighted by Crippen LogP contribution is 2.35. The molecular formula is C24H30F3N3O3S. The first-order chi connectivity index (χ1) is 15.8. The molecule has 6 nitrogen and oxygen atoms in total. The van der Waals surface area contributed by atoms with Gasteiger partial charge in [0.25, 0.3) is 10.0 Å². The van der Waals surface area contributed by atoms with E-state index in [0.717, 1.165) is 28.4 Å². The normalized spacial score (nSPS) is 19.2. The van der Waals surface area contributed by atoms with E-state index in [1.807, 2.05) is 0 Å². The number of halogens is 3. The SMILES string of the molecule is Cc1ccc(S(=O)(=O)N(CC(=O)N2CCC(C)C(CN)C2)c2cc(C(F)(F)F)ccc2C)cc1. The fourth-order valence-corrected chi connectivity index (χ4v) is 5.57. The van der Waals surface area contributed by atoms with Gasteiger partial charge in [-0.3, -0.25) is 9.10 Å². The topological polar surface area (TPSA) is 83.7 Å². The summed E-state index contributed by atoms with van der Waals surface area (Å²) in [6, 6.07) is 8.88. The van der Waals surface area contributed by atoms with E-state index in [-0.39, 0.29) is 16.5 Å². The highest BCUT2D eigenvalue weighted by atomic mass is 32.2. The summed E-state index contributed by atoms with van der Waals surface area (Å²) < 4.78 is 68.3. The summed E-state index contributed by atoms with van der Waals surface area (Å²) in [7, 11) is -4.33. The molecule has 10 heteroatoms. The van der Waals surface area contributed by atoms with Gasteiger partial charge in [-0.15, -0.1) is 0 Å². The lowest BCUT2D eigenvalue weighted by molar-refractivity contribution is -0.137. The highest BCUT2D eigenvalue weighted by Gasteiger charge is 2.36. The van der Waals surface area contributed by atoms with Crippen LogP contribution in [0.15, 0.2) is 47.4 Å². The van der Waals surface area contributed by atoms with Crippen LogP contribution < -0.4 is 10.0 Å². The third-order valence-corrected chi connectivity index (χ3v) is 8.24. The number of aryl methyl sites for hydroxylation is 2. The van der Waals surface area contributed by atoms with Crippen molar-refractivity contribution in [2.45, 2.75) is 38.3 Å². The van der Waals surface area contributed by atoms with E-state index in [9.17, 15) is 26.4 Å². The van der Waals surface area contributed by atoms with Gasteiger partial charge < -0.3 is 10.6 Å². The van der Waals surface area contributed by atoms with Crippen LogP contribution in [0.5, 0.6) is 0 Å². The minimum atomic E-state index is -4.66. The van der Waals surface area contributed by atoms with Crippen molar-refractivity contribution >= 4 is 21.6 Å². The predicted octanol–water partition coefficient (Wildman–Crippen LogP) is 3.96. The number of sulfonamides is 1. The summed E-state index contributed by atoms with van der Waals surface area (Å²) >= 11 is 0. The Morgan fingerprint density at radius 2 is 1.79 bits per heavy atom. The number of rotatable bonds is 6. The van der Waals surface area contributed by atoms with Crippen molar-refractivity contribution in [3.63, 3.8) is 0 Å². The van der Waals surface area contributed by atoms with Gasteiger partial charge in [0, 0.05) is 13.1 Å². The second-order valence-electron chi connectivity index (χ2n) is 8.93. The van der Waals surface area contributed by atoms with Crippen molar-refractivity contribution in [1.29, 1.82) is 0 Å². The lowest BCUT2D eigenvalue weighted by Gasteiger charge is -2.37. The molecule has 1 fully saturated rings. The van der Waals surface area contributed by atoms with E-state index in [4.69, 9.17) is 5.73 Å². The van der Waals surface area contributed by atoms with E-state index in [0.29, 0.717) is 31.1 Å². The Balaban J connectivity index is 2.05. The molecule has 1 amide bonds. The standard InChI is InChI=1S/C24H30F3N3O3S/c1-16-4-8-21(9-5-16)34(32,33)30(22-12-20(24(25,26)27)7-6-18(22)3)15-23(31)29-11-10-17(2)19(13-28)14-29/h4-9,12,17,19H,10-11,13-15,28H2,1-3H3.